The summed E-state index contributed by atoms with van der Waals surface area (Å²) in [6.07, 6.45) is 7.27. The van der Waals surface area contributed by atoms with Gasteiger partial charge in [-0.1, -0.05) is 19.3 Å². The molecule has 0 unspecified atom stereocenters. The Kier molecular flexibility index (Phi) is 4.80. The molecule has 4 nitrogen and oxygen atoms in total. The maximum atomic E-state index is 12.2. The molecule has 0 radical (unpaired) electrons. The average molecular weight is 239 g/mol. The van der Waals surface area contributed by atoms with Gasteiger partial charge in [-0.3, -0.25) is 9.69 Å². The Labute approximate surface area is 104 Å². The zero-order valence-corrected chi connectivity index (χ0v) is 10.7. The largest absolute Gasteiger partial charge is 0.342 e. The third-order valence-electron chi connectivity index (χ3n) is 3.88. The van der Waals surface area contributed by atoms with Gasteiger partial charge >= 0.3 is 0 Å². The second kappa shape index (κ2) is 6.36. The first-order valence-corrected chi connectivity index (χ1v) is 7.01. The SMILES string of the molecule is N[C@@H]1CCN(CC(=O)N2CCCCCCC2)C1. The van der Waals surface area contributed by atoms with E-state index >= 15 is 0 Å². The molecule has 0 aromatic rings. The standard InChI is InChI=1S/C13H25N3O/c14-12-6-9-15(10-12)11-13(17)16-7-4-2-1-3-5-8-16/h12H,1-11,14H2/t12-/m1/s1. The second-order valence-electron chi connectivity index (χ2n) is 5.43. The number of hydrogen-bond donors (Lipinski definition) is 1. The molecule has 0 aromatic carbocycles. The van der Waals surface area contributed by atoms with Crippen LogP contribution in [0, 0.1) is 0 Å². The van der Waals surface area contributed by atoms with E-state index in [1.54, 1.807) is 0 Å². The summed E-state index contributed by atoms with van der Waals surface area (Å²) in [4.78, 5) is 16.4. The molecule has 98 valence electrons. The first-order chi connectivity index (χ1) is 8.25. The number of nitrogens with zero attached hydrogens (tertiary/aromatic N) is 2. The fourth-order valence-electron chi connectivity index (χ4n) is 2.79. The van der Waals surface area contributed by atoms with Gasteiger partial charge in [0.25, 0.3) is 0 Å². The maximum Gasteiger partial charge on any atom is 0.236 e. The van der Waals surface area contributed by atoms with Gasteiger partial charge in [-0.15, -0.1) is 0 Å². The fourth-order valence-corrected chi connectivity index (χ4v) is 2.79. The zero-order valence-electron chi connectivity index (χ0n) is 10.7. The van der Waals surface area contributed by atoms with E-state index in [0.29, 0.717) is 12.5 Å². The Hall–Kier alpha value is -0.610. The van der Waals surface area contributed by atoms with Crippen LogP contribution in [0.15, 0.2) is 0 Å². The van der Waals surface area contributed by atoms with Crippen molar-refractivity contribution in [3.8, 4) is 0 Å². The molecule has 17 heavy (non-hydrogen) atoms. The van der Waals surface area contributed by atoms with E-state index in [1.165, 1.54) is 32.1 Å². The first-order valence-electron chi connectivity index (χ1n) is 7.01. The Morgan fingerprint density at radius 3 is 2.29 bits per heavy atom. The van der Waals surface area contributed by atoms with Crippen LogP contribution in [-0.2, 0) is 4.79 Å². The summed E-state index contributed by atoms with van der Waals surface area (Å²) in [5.74, 6) is 0.306. The molecule has 2 aliphatic rings. The Bertz CT molecular complexity index is 249. The van der Waals surface area contributed by atoms with Crippen molar-refractivity contribution < 1.29 is 4.79 Å². The van der Waals surface area contributed by atoms with Crippen LogP contribution >= 0.6 is 0 Å². The van der Waals surface area contributed by atoms with Gasteiger partial charge in [-0.25, -0.2) is 0 Å². The van der Waals surface area contributed by atoms with E-state index in [-0.39, 0.29) is 6.04 Å². The van der Waals surface area contributed by atoms with Crippen molar-refractivity contribution in [2.75, 3.05) is 32.7 Å². The predicted octanol–water partition coefficient (Wildman–Crippen LogP) is 0.812. The molecule has 2 N–H and O–H groups in total. The molecule has 2 saturated heterocycles. The summed E-state index contributed by atoms with van der Waals surface area (Å²) >= 11 is 0. The lowest BCUT2D eigenvalue weighted by Crippen LogP contribution is -2.41. The highest BCUT2D eigenvalue weighted by atomic mass is 16.2. The van der Waals surface area contributed by atoms with Crippen LogP contribution < -0.4 is 5.73 Å². The van der Waals surface area contributed by atoms with Gasteiger partial charge in [-0.2, -0.15) is 0 Å². The van der Waals surface area contributed by atoms with E-state index in [4.69, 9.17) is 5.73 Å². The summed E-state index contributed by atoms with van der Waals surface area (Å²) < 4.78 is 0. The van der Waals surface area contributed by atoms with Crippen LogP contribution in [0.3, 0.4) is 0 Å². The average Bonchev–Trinajstić information content (AvgIpc) is 2.63. The minimum Gasteiger partial charge on any atom is -0.342 e. The third kappa shape index (κ3) is 3.96. The van der Waals surface area contributed by atoms with Crippen molar-refractivity contribution >= 4 is 5.91 Å². The second-order valence-corrected chi connectivity index (χ2v) is 5.43. The Morgan fingerprint density at radius 2 is 1.71 bits per heavy atom. The smallest absolute Gasteiger partial charge is 0.236 e. The van der Waals surface area contributed by atoms with Crippen molar-refractivity contribution in [3.05, 3.63) is 0 Å². The molecule has 4 heteroatoms. The summed E-state index contributed by atoms with van der Waals surface area (Å²) in [7, 11) is 0. The van der Waals surface area contributed by atoms with Gasteiger partial charge in [0.05, 0.1) is 6.54 Å². The van der Waals surface area contributed by atoms with Crippen LogP contribution in [0.1, 0.15) is 38.5 Å². The van der Waals surface area contributed by atoms with Crippen LogP contribution in [0.2, 0.25) is 0 Å². The molecule has 0 spiro atoms. The lowest BCUT2D eigenvalue weighted by molar-refractivity contribution is -0.132. The molecule has 0 saturated carbocycles. The summed E-state index contributed by atoms with van der Waals surface area (Å²) in [6, 6.07) is 0.273. The van der Waals surface area contributed by atoms with E-state index in [9.17, 15) is 4.79 Å². The lowest BCUT2D eigenvalue weighted by Gasteiger charge is -2.27. The summed E-state index contributed by atoms with van der Waals surface area (Å²) in [6.45, 7) is 4.37. The number of likely N-dealkylation sites (tertiary alicyclic amines) is 2. The predicted molar refractivity (Wildman–Crippen MR) is 68.7 cm³/mol. The molecule has 2 heterocycles. The molecule has 2 aliphatic heterocycles. The maximum absolute atomic E-state index is 12.2. The van der Waals surface area contributed by atoms with Gasteiger partial charge in [-0.05, 0) is 19.3 Å². The fraction of sp³-hybridized carbons (Fsp3) is 0.923. The van der Waals surface area contributed by atoms with Crippen LogP contribution in [0.4, 0.5) is 0 Å². The number of amides is 1. The van der Waals surface area contributed by atoms with Crippen LogP contribution in [0.25, 0.3) is 0 Å². The molecular weight excluding hydrogens is 214 g/mol. The number of rotatable bonds is 2. The van der Waals surface area contributed by atoms with Gasteiger partial charge in [0.1, 0.15) is 0 Å². The van der Waals surface area contributed by atoms with E-state index < -0.39 is 0 Å². The summed E-state index contributed by atoms with van der Waals surface area (Å²) in [5, 5.41) is 0. The highest BCUT2D eigenvalue weighted by Crippen LogP contribution is 2.12. The molecule has 0 bridgehead atoms. The molecule has 0 aliphatic carbocycles. The molecule has 1 atom stereocenters. The Balaban J connectivity index is 1.77. The molecule has 1 amide bonds. The number of nitrogens with two attached hydrogens (primary N) is 1. The van der Waals surface area contributed by atoms with Gasteiger partial charge < -0.3 is 10.6 Å². The van der Waals surface area contributed by atoms with Crippen molar-refractivity contribution in [1.29, 1.82) is 0 Å². The van der Waals surface area contributed by atoms with Crippen LogP contribution in [0.5, 0.6) is 0 Å². The van der Waals surface area contributed by atoms with Gasteiger partial charge in [0, 0.05) is 32.2 Å². The van der Waals surface area contributed by atoms with Crippen molar-refractivity contribution in [1.82, 2.24) is 9.80 Å². The van der Waals surface area contributed by atoms with E-state index in [2.05, 4.69) is 9.80 Å². The molecule has 2 fully saturated rings. The number of hydrogen-bond acceptors (Lipinski definition) is 3. The van der Waals surface area contributed by atoms with Crippen LogP contribution in [-0.4, -0.2) is 54.5 Å². The number of carbonyl (C=O) groups excluding carboxylic acids is 1. The normalized spacial score (nSPS) is 27.8. The van der Waals surface area contributed by atoms with Crippen molar-refractivity contribution in [2.24, 2.45) is 5.73 Å². The minimum atomic E-state index is 0.273. The molecular formula is C13H25N3O. The molecule has 0 aromatic heterocycles. The Morgan fingerprint density at radius 1 is 1.06 bits per heavy atom. The quantitative estimate of drug-likeness (QED) is 0.776. The zero-order chi connectivity index (χ0) is 12.1. The molecule has 2 rings (SSSR count). The highest BCUT2D eigenvalue weighted by molar-refractivity contribution is 5.78. The van der Waals surface area contributed by atoms with E-state index in [1.807, 2.05) is 0 Å². The van der Waals surface area contributed by atoms with Crippen molar-refractivity contribution in [3.63, 3.8) is 0 Å². The van der Waals surface area contributed by atoms with Gasteiger partial charge in [0.15, 0.2) is 0 Å². The highest BCUT2D eigenvalue weighted by Gasteiger charge is 2.23. The lowest BCUT2D eigenvalue weighted by atomic mass is 10.1. The van der Waals surface area contributed by atoms with Gasteiger partial charge in [0.2, 0.25) is 5.91 Å². The minimum absolute atomic E-state index is 0.273. The van der Waals surface area contributed by atoms with Crippen molar-refractivity contribution in [2.45, 2.75) is 44.6 Å². The third-order valence-corrected chi connectivity index (χ3v) is 3.88. The first kappa shape index (κ1) is 12.8. The number of carbonyl (C=O) groups is 1. The summed E-state index contributed by atoms with van der Waals surface area (Å²) in [5.41, 5.74) is 5.86. The topological polar surface area (TPSA) is 49.6 Å². The van der Waals surface area contributed by atoms with E-state index in [0.717, 1.165) is 32.6 Å². The monoisotopic (exact) mass is 239 g/mol.